The highest BCUT2D eigenvalue weighted by Crippen LogP contribution is 2.15. The second kappa shape index (κ2) is 3.83. The minimum Gasteiger partial charge on any atom is -0.300 e. The SMILES string of the molecule is CC(=O)Cc1cc(Cl)nnc1Cl. The first-order chi connectivity index (χ1) is 5.59. The van der Waals surface area contributed by atoms with Gasteiger partial charge in [-0.25, -0.2) is 0 Å². The second-order valence-electron chi connectivity index (χ2n) is 2.36. The Kier molecular flexibility index (Phi) is 3.00. The number of hydrogen-bond donors (Lipinski definition) is 0. The number of Topliss-reactive ketones (excluding diaryl/α,β-unsaturated/α-hetero) is 1. The van der Waals surface area contributed by atoms with Gasteiger partial charge in [-0.05, 0) is 13.0 Å². The molecule has 0 N–H and O–H groups in total. The van der Waals surface area contributed by atoms with Gasteiger partial charge in [0.1, 0.15) is 5.78 Å². The van der Waals surface area contributed by atoms with Crippen molar-refractivity contribution in [2.45, 2.75) is 13.3 Å². The minimum absolute atomic E-state index is 0.0148. The molecule has 1 heterocycles. The molecule has 0 aliphatic rings. The number of halogens is 2. The summed E-state index contributed by atoms with van der Waals surface area (Å²) in [5, 5.41) is 7.56. The largest absolute Gasteiger partial charge is 0.300 e. The lowest BCUT2D eigenvalue weighted by molar-refractivity contribution is -0.116. The average Bonchev–Trinajstić information content (AvgIpc) is 1.96. The molecule has 0 radical (unpaired) electrons. The Bertz CT molecular complexity index is 314. The van der Waals surface area contributed by atoms with E-state index < -0.39 is 0 Å². The molecule has 0 aromatic carbocycles. The van der Waals surface area contributed by atoms with Crippen LogP contribution in [0, 0.1) is 0 Å². The first kappa shape index (κ1) is 9.42. The number of aromatic nitrogens is 2. The summed E-state index contributed by atoms with van der Waals surface area (Å²) >= 11 is 11.2. The number of hydrogen-bond acceptors (Lipinski definition) is 3. The van der Waals surface area contributed by atoms with Crippen molar-refractivity contribution < 1.29 is 4.79 Å². The van der Waals surface area contributed by atoms with Crippen LogP contribution in [0.5, 0.6) is 0 Å². The van der Waals surface area contributed by atoms with E-state index >= 15 is 0 Å². The summed E-state index contributed by atoms with van der Waals surface area (Å²) in [5.41, 5.74) is 0.615. The molecular formula is C7H6Cl2N2O. The van der Waals surface area contributed by atoms with Gasteiger partial charge in [-0.1, -0.05) is 23.2 Å². The van der Waals surface area contributed by atoms with E-state index in [4.69, 9.17) is 23.2 Å². The van der Waals surface area contributed by atoms with E-state index in [1.54, 1.807) is 0 Å². The van der Waals surface area contributed by atoms with Crippen molar-refractivity contribution in [1.29, 1.82) is 0 Å². The summed E-state index contributed by atoms with van der Waals surface area (Å²) in [6, 6.07) is 1.54. The van der Waals surface area contributed by atoms with Gasteiger partial charge in [0.2, 0.25) is 0 Å². The third-order valence-corrected chi connectivity index (χ3v) is 1.73. The highest BCUT2D eigenvalue weighted by molar-refractivity contribution is 6.31. The first-order valence-electron chi connectivity index (χ1n) is 3.26. The van der Waals surface area contributed by atoms with Crippen molar-refractivity contribution in [2.75, 3.05) is 0 Å². The van der Waals surface area contributed by atoms with E-state index in [0.29, 0.717) is 5.56 Å². The summed E-state index contributed by atoms with van der Waals surface area (Å²) in [6.45, 7) is 1.48. The van der Waals surface area contributed by atoms with E-state index in [1.807, 2.05) is 0 Å². The Morgan fingerprint density at radius 1 is 1.50 bits per heavy atom. The molecule has 0 saturated heterocycles. The molecule has 0 amide bonds. The molecule has 0 unspecified atom stereocenters. The van der Waals surface area contributed by atoms with E-state index in [9.17, 15) is 4.79 Å². The quantitative estimate of drug-likeness (QED) is 0.740. The zero-order valence-corrected chi connectivity index (χ0v) is 7.85. The number of carbonyl (C=O) groups is 1. The van der Waals surface area contributed by atoms with Gasteiger partial charge in [0.15, 0.2) is 10.3 Å². The topological polar surface area (TPSA) is 42.9 Å². The normalized spacial score (nSPS) is 9.92. The molecule has 5 heteroatoms. The van der Waals surface area contributed by atoms with Crippen molar-refractivity contribution in [3.05, 3.63) is 21.9 Å². The van der Waals surface area contributed by atoms with Gasteiger partial charge in [-0.2, -0.15) is 0 Å². The Morgan fingerprint density at radius 2 is 2.17 bits per heavy atom. The van der Waals surface area contributed by atoms with E-state index in [-0.39, 0.29) is 22.5 Å². The maximum absolute atomic E-state index is 10.7. The fourth-order valence-electron chi connectivity index (χ4n) is 0.780. The minimum atomic E-state index is 0.0148. The molecule has 12 heavy (non-hydrogen) atoms. The first-order valence-corrected chi connectivity index (χ1v) is 4.02. The predicted molar refractivity (Wildman–Crippen MR) is 46.4 cm³/mol. The molecule has 0 fully saturated rings. The Morgan fingerprint density at radius 3 is 2.75 bits per heavy atom. The highest BCUT2D eigenvalue weighted by atomic mass is 35.5. The fraction of sp³-hybridized carbons (Fsp3) is 0.286. The van der Waals surface area contributed by atoms with Gasteiger partial charge >= 0.3 is 0 Å². The smallest absolute Gasteiger partial charge is 0.155 e. The molecular weight excluding hydrogens is 199 g/mol. The molecule has 0 bridgehead atoms. The highest BCUT2D eigenvalue weighted by Gasteiger charge is 2.05. The zero-order valence-electron chi connectivity index (χ0n) is 6.34. The molecule has 1 aromatic heterocycles. The maximum Gasteiger partial charge on any atom is 0.155 e. The summed E-state index contributed by atoms with van der Waals surface area (Å²) < 4.78 is 0. The third-order valence-electron chi connectivity index (χ3n) is 1.23. The van der Waals surface area contributed by atoms with Crippen molar-refractivity contribution in [3.63, 3.8) is 0 Å². The Labute approximate surface area is 79.7 Å². The zero-order chi connectivity index (χ0) is 9.14. The van der Waals surface area contributed by atoms with Crippen LogP contribution in [0.1, 0.15) is 12.5 Å². The lowest BCUT2D eigenvalue weighted by atomic mass is 10.2. The summed E-state index contributed by atoms with van der Waals surface area (Å²) in [4.78, 5) is 10.7. The van der Waals surface area contributed by atoms with Crippen LogP contribution < -0.4 is 0 Å². The van der Waals surface area contributed by atoms with Crippen molar-refractivity contribution in [2.24, 2.45) is 0 Å². The van der Waals surface area contributed by atoms with Crippen molar-refractivity contribution >= 4 is 29.0 Å². The molecule has 0 spiro atoms. The predicted octanol–water partition coefficient (Wildman–Crippen LogP) is 1.91. The van der Waals surface area contributed by atoms with Gasteiger partial charge in [0, 0.05) is 12.0 Å². The maximum atomic E-state index is 10.7. The van der Waals surface area contributed by atoms with E-state index in [2.05, 4.69) is 10.2 Å². The fourth-order valence-corrected chi connectivity index (χ4v) is 1.11. The van der Waals surface area contributed by atoms with Crippen LogP contribution in [0.15, 0.2) is 6.07 Å². The lowest BCUT2D eigenvalue weighted by Gasteiger charge is -1.98. The van der Waals surface area contributed by atoms with Crippen LogP contribution in [0.3, 0.4) is 0 Å². The second-order valence-corrected chi connectivity index (χ2v) is 3.11. The Balaban J connectivity index is 2.97. The van der Waals surface area contributed by atoms with Crippen LogP contribution >= 0.6 is 23.2 Å². The van der Waals surface area contributed by atoms with Gasteiger partial charge in [-0.3, -0.25) is 4.79 Å². The summed E-state index contributed by atoms with van der Waals surface area (Å²) in [5.74, 6) is 0.0148. The number of ketones is 1. The summed E-state index contributed by atoms with van der Waals surface area (Å²) in [6.07, 6.45) is 0.244. The van der Waals surface area contributed by atoms with Crippen LogP contribution in [0.4, 0.5) is 0 Å². The lowest BCUT2D eigenvalue weighted by Crippen LogP contribution is -1.99. The van der Waals surface area contributed by atoms with Crippen LogP contribution in [0.25, 0.3) is 0 Å². The third kappa shape index (κ3) is 2.43. The van der Waals surface area contributed by atoms with Crippen molar-refractivity contribution in [3.8, 4) is 0 Å². The van der Waals surface area contributed by atoms with E-state index in [0.717, 1.165) is 0 Å². The van der Waals surface area contributed by atoms with Gasteiger partial charge in [-0.15, -0.1) is 10.2 Å². The molecule has 0 saturated carbocycles. The van der Waals surface area contributed by atoms with Gasteiger partial charge < -0.3 is 0 Å². The van der Waals surface area contributed by atoms with Crippen LogP contribution in [-0.4, -0.2) is 16.0 Å². The molecule has 0 aliphatic carbocycles. The molecule has 1 aromatic rings. The molecule has 3 nitrogen and oxygen atoms in total. The van der Waals surface area contributed by atoms with E-state index in [1.165, 1.54) is 13.0 Å². The number of nitrogens with zero attached hydrogens (tertiary/aromatic N) is 2. The summed E-state index contributed by atoms with van der Waals surface area (Å²) in [7, 11) is 0. The Hall–Kier alpha value is -0.670. The van der Waals surface area contributed by atoms with Crippen LogP contribution in [0.2, 0.25) is 10.3 Å². The van der Waals surface area contributed by atoms with Crippen LogP contribution in [-0.2, 0) is 11.2 Å². The standard InChI is InChI=1S/C7H6Cl2N2O/c1-4(12)2-5-3-6(8)10-11-7(5)9/h3H,2H2,1H3. The molecule has 64 valence electrons. The number of carbonyl (C=O) groups excluding carboxylic acids is 1. The van der Waals surface area contributed by atoms with Gasteiger partial charge in [0.05, 0.1) is 0 Å². The number of rotatable bonds is 2. The molecule has 0 aliphatic heterocycles. The molecule has 1 rings (SSSR count). The average molecular weight is 205 g/mol. The molecule has 0 atom stereocenters. The monoisotopic (exact) mass is 204 g/mol. The van der Waals surface area contributed by atoms with Gasteiger partial charge in [0.25, 0.3) is 0 Å². The van der Waals surface area contributed by atoms with Crippen molar-refractivity contribution in [1.82, 2.24) is 10.2 Å².